The molecule has 1 aliphatic rings. The zero-order chi connectivity index (χ0) is 12.7. The zero-order valence-electron chi connectivity index (χ0n) is 12.7. The van der Waals surface area contributed by atoms with E-state index in [0.29, 0.717) is 5.41 Å². The third-order valence-electron chi connectivity index (χ3n) is 6.46. The van der Waals surface area contributed by atoms with E-state index in [2.05, 4.69) is 55.4 Å². The summed E-state index contributed by atoms with van der Waals surface area (Å²) in [6.07, 6.45) is 1.34. The van der Waals surface area contributed by atoms with Crippen LogP contribution in [0.25, 0.3) is 0 Å². The number of rotatable bonds is 4. The van der Waals surface area contributed by atoms with Gasteiger partial charge in [-0.2, -0.15) is 0 Å². The lowest BCUT2D eigenvalue weighted by Crippen LogP contribution is -2.57. The Bertz CT molecular complexity index is 218. The average Bonchev–Trinajstić information content (AvgIpc) is 2.26. The minimum atomic E-state index is 0.581. The Kier molecular flexibility index (Phi) is 4.13. The largest absolute Gasteiger partial charge is 0.0651 e. The molecule has 16 heavy (non-hydrogen) atoms. The van der Waals surface area contributed by atoms with Gasteiger partial charge < -0.3 is 0 Å². The molecule has 1 aliphatic carbocycles. The Hall–Kier alpha value is 0. The van der Waals surface area contributed by atoms with Crippen LogP contribution >= 0.6 is 0 Å². The van der Waals surface area contributed by atoms with Crippen molar-refractivity contribution in [3.63, 3.8) is 0 Å². The predicted octanol–water partition coefficient (Wildman–Crippen LogP) is 5.23. The van der Waals surface area contributed by atoms with Crippen LogP contribution in [0, 0.1) is 40.9 Å². The van der Waals surface area contributed by atoms with Crippen LogP contribution in [0.3, 0.4) is 0 Å². The Balaban J connectivity index is 2.88. The molecule has 1 saturated carbocycles. The molecule has 0 aromatic rings. The van der Waals surface area contributed by atoms with Crippen molar-refractivity contribution in [2.75, 3.05) is 0 Å². The average molecular weight is 224 g/mol. The normalized spacial score (nSPS) is 42.9. The molecule has 0 saturated heterocycles. The minimum Gasteiger partial charge on any atom is -0.0651 e. The fourth-order valence-electron chi connectivity index (χ4n) is 4.38. The van der Waals surface area contributed by atoms with Crippen LogP contribution in [-0.4, -0.2) is 0 Å². The van der Waals surface area contributed by atoms with E-state index in [-0.39, 0.29) is 0 Å². The lowest BCUT2D eigenvalue weighted by Gasteiger charge is -2.62. The standard InChI is InChI=1S/C16H32/c1-9-15(11(4)10(2)3)16(8)13(6)12(5)14(16)7/h10-15H,9H2,1-8H3. The smallest absolute Gasteiger partial charge is 0.0238 e. The van der Waals surface area contributed by atoms with Gasteiger partial charge in [0.1, 0.15) is 0 Å². The molecular formula is C16H32. The van der Waals surface area contributed by atoms with Crippen molar-refractivity contribution in [2.24, 2.45) is 40.9 Å². The number of hydrogen-bond acceptors (Lipinski definition) is 0. The third-order valence-corrected chi connectivity index (χ3v) is 6.46. The fourth-order valence-corrected chi connectivity index (χ4v) is 4.38. The van der Waals surface area contributed by atoms with E-state index < -0.39 is 0 Å². The van der Waals surface area contributed by atoms with E-state index in [4.69, 9.17) is 0 Å². The zero-order valence-corrected chi connectivity index (χ0v) is 12.7. The highest BCUT2D eigenvalue weighted by Crippen LogP contribution is 2.62. The van der Waals surface area contributed by atoms with Crippen molar-refractivity contribution in [3.05, 3.63) is 0 Å². The molecule has 4 atom stereocenters. The van der Waals surface area contributed by atoms with Gasteiger partial charge in [0.2, 0.25) is 0 Å². The van der Waals surface area contributed by atoms with Gasteiger partial charge in [0, 0.05) is 0 Å². The lowest BCUT2D eigenvalue weighted by atomic mass is 9.42. The molecule has 0 aliphatic heterocycles. The second-order valence-corrected chi connectivity index (χ2v) is 6.92. The van der Waals surface area contributed by atoms with Crippen molar-refractivity contribution in [2.45, 2.75) is 61.8 Å². The highest BCUT2D eigenvalue weighted by molar-refractivity contribution is 5.04. The molecule has 1 rings (SSSR count). The fraction of sp³-hybridized carbons (Fsp3) is 1.00. The van der Waals surface area contributed by atoms with E-state index in [1.54, 1.807) is 0 Å². The van der Waals surface area contributed by atoms with Crippen LogP contribution in [0.15, 0.2) is 0 Å². The van der Waals surface area contributed by atoms with Crippen LogP contribution in [0.2, 0.25) is 0 Å². The molecule has 0 nitrogen and oxygen atoms in total. The Morgan fingerprint density at radius 3 is 1.75 bits per heavy atom. The molecule has 0 bridgehead atoms. The van der Waals surface area contributed by atoms with E-state index in [1.165, 1.54) is 6.42 Å². The summed E-state index contributed by atoms with van der Waals surface area (Å²) in [5.41, 5.74) is 0.581. The van der Waals surface area contributed by atoms with Gasteiger partial charge >= 0.3 is 0 Å². The summed E-state index contributed by atoms with van der Waals surface area (Å²) >= 11 is 0. The summed E-state index contributed by atoms with van der Waals surface area (Å²) < 4.78 is 0. The quantitative estimate of drug-likeness (QED) is 0.613. The Morgan fingerprint density at radius 1 is 1.00 bits per heavy atom. The first kappa shape index (κ1) is 14.1. The van der Waals surface area contributed by atoms with Gasteiger partial charge in [0.15, 0.2) is 0 Å². The SMILES string of the molecule is CCC(C(C)C(C)C)C1(C)C(C)C(C)C1C. The topological polar surface area (TPSA) is 0 Å². The van der Waals surface area contributed by atoms with Crippen molar-refractivity contribution >= 4 is 0 Å². The second-order valence-electron chi connectivity index (χ2n) is 6.92. The molecule has 0 heterocycles. The van der Waals surface area contributed by atoms with Gasteiger partial charge in [0.05, 0.1) is 0 Å². The molecule has 0 heteroatoms. The van der Waals surface area contributed by atoms with Gasteiger partial charge in [-0.3, -0.25) is 0 Å². The molecule has 0 aromatic heterocycles. The van der Waals surface area contributed by atoms with Crippen LogP contribution in [0.1, 0.15) is 61.8 Å². The summed E-state index contributed by atoms with van der Waals surface area (Å²) in [6, 6.07) is 0. The summed E-state index contributed by atoms with van der Waals surface area (Å²) in [5.74, 6) is 5.28. The predicted molar refractivity (Wildman–Crippen MR) is 73.4 cm³/mol. The van der Waals surface area contributed by atoms with Crippen molar-refractivity contribution in [3.8, 4) is 0 Å². The molecule has 96 valence electrons. The molecule has 0 amide bonds. The highest BCUT2D eigenvalue weighted by Gasteiger charge is 2.56. The molecular weight excluding hydrogens is 192 g/mol. The first-order valence-electron chi connectivity index (χ1n) is 7.28. The molecule has 0 spiro atoms. The van der Waals surface area contributed by atoms with Crippen molar-refractivity contribution in [1.29, 1.82) is 0 Å². The molecule has 0 radical (unpaired) electrons. The van der Waals surface area contributed by atoms with Gasteiger partial charge in [-0.25, -0.2) is 0 Å². The van der Waals surface area contributed by atoms with Crippen molar-refractivity contribution < 1.29 is 0 Å². The lowest BCUT2D eigenvalue weighted by molar-refractivity contribution is -0.144. The minimum absolute atomic E-state index is 0.581. The van der Waals surface area contributed by atoms with Crippen LogP contribution in [0.5, 0.6) is 0 Å². The maximum atomic E-state index is 2.55. The number of hydrogen-bond donors (Lipinski definition) is 0. The second kappa shape index (κ2) is 4.70. The molecule has 0 aromatic carbocycles. The van der Waals surface area contributed by atoms with Gasteiger partial charge in [-0.1, -0.05) is 61.8 Å². The molecule has 4 unspecified atom stereocenters. The third kappa shape index (κ3) is 1.83. The first-order chi connectivity index (χ1) is 7.28. The van der Waals surface area contributed by atoms with E-state index in [1.807, 2.05) is 0 Å². The summed E-state index contributed by atoms with van der Waals surface area (Å²) in [7, 11) is 0. The summed E-state index contributed by atoms with van der Waals surface area (Å²) in [6.45, 7) is 19.5. The van der Waals surface area contributed by atoms with E-state index in [0.717, 1.165) is 35.5 Å². The summed E-state index contributed by atoms with van der Waals surface area (Å²) in [5, 5.41) is 0. The maximum Gasteiger partial charge on any atom is -0.0238 e. The van der Waals surface area contributed by atoms with Crippen LogP contribution < -0.4 is 0 Å². The first-order valence-corrected chi connectivity index (χ1v) is 7.28. The molecule has 1 fully saturated rings. The van der Waals surface area contributed by atoms with E-state index >= 15 is 0 Å². The highest BCUT2D eigenvalue weighted by atomic mass is 14.6. The van der Waals surface area contributed by atoms with Crippen LogP contribution in [0.4, 0.5) is 0 Å². The molecule has 0 N–H and O–H groups in total. The van der Waals surface area contributed by atoms with E-state index in [9.17, 15) is 0 Å². The van der Waals surface area contributed by atoms with Gasteiger partial charge in [0.25, 0.3) is 0 Å². The summed E-state index contributed by atoms with van der Waals surface area (Å²) in [4.78, 5) is 0. The van der Waals surface area contributed by atoms with Gasteiger partial charge in [-0.05, 0) is 40.9 Å². The Morgan fingerprint density at radius 2 is 1.44 bits per heavy atom. The maximum absolute atomic E-state index is 2.55. The van der Waals surface area contributed by atoms with Gasteiger partial charge in [-0.15, -0.1) is 0 Å². The Labute approximate surface area is 103 Å². The monoisotopic (exact) mass is 224 g/mol. The van der Waals surface area contributed by atoms with Crippen molar-refractivity contribution in [1.82, 2.24) is 0 Å². The van der Waals surface area contributed by atoms with Crippen LogP contribution in [-0.2, 0) is 0 Å².